The average molecular weight is 208 g/mol. The number of ketones is 1. The maximum absolute atomic E-state index is 11.5. The highest BCUT2D eigenvalue weighted by atomic mass is 16.3. The van der Waals surface area contributed by atoms with E-state index in [0.717, 1.165) is 18.4 Å². The number of rotatable bonds is 1. The summed E-state index contributed by atoms with van der Waals surface area (Å²) in [5.41, 5.74) is 0.181. The molecule has 1 saturated carbocycles. The number of allylic oxidation sites excluding steroid dienone is 1. The summed E-state index contributed by atoms with van der Waals surface area (Å²) in [6.45, 7) is 6.39. The molecule has 1 N–H and O–H groups in total. The van der Waals surface area contributed by atoms with Gasteiger partial charge >= 0.3 is 0 Å². The van der Waals surface area contributed by atoms with Gasteiger partial charge in [-0.15, -0.1) is 0 Å². The van der Waals surface area contributed by atoms with Crippen LogP contribution in [0.1, 0.15) is 40.0 Å². The number of aliphatic hydroxyl groups is 1. The van der Waals surface area contributed by atoms with Gasteiger partial charge in [0, 0.05) is 6.42 Å². The quantitative estimate of drug-likeness (QED) is 0.718. The van der Waals surface area contributed by atoms with Crippen LogP contribution < -0.4 is 0 Å². The maximum Gasteiger partial charge on any atom is 0.158 e. The largest absolute Gasteiger partial charge is 0.385 e. The minimum Gasteiger partial charge on any atom is -0.385 e. The molecule has 3 atom stereocenters. The van der Waals surface area contributed by atoms with Crippen LogP contribution in [0.4, 0.5) is 0 Å². The Morgan fingerprint density at radius 2 is 2.13 bits per heavy atom. The molecule has 0 amide bonds. The summed E-state index contributed by atoms with van der Waals surface area (Å²) in [6, 6.07) is 0. The molecular weight excluding hydrogens is 188 g/mol. The maximum atomic E-state index is 11.5. The lowest BCUT2D eigenvalue weighted by molar-refractivity contribution is -0.119. The SMILES string of the molecule is CC1CCC(C(C)C)C2(O)CC(=O)C=C12. The third-order valence-electron chi connectivity index (χ3n) is 4.12. The van der Waals surface area contributed by atoms with Crippen molar-refractivity contribution in [2.75, 3.05) is 0 Å². The van der Waals surface area contributed by atoms with Crippen LogP contribution in [0, 0.1) is 17.8 Å². The molecular formula is C13H20O2. The van der Waals surface area contributed by atoms with Crippen molar-refractivity contribution in [2.24, 2.45) is 17.8 Å². The van der Waals surface area contributed by atoms with E-state index in [0.29, 0.717) is 18.3 Å². The molecule has 0 aliphatic heterocycles. The van der Waals surface area contributed by atoms with Gasteiger partial charge in [-0.05, 0) is 42.2 Å². The van der Waals surface area contributed by atoms with E-state index in [-0.39, 0.29) is 11.7 Å². The van der Waals surface area contributed by atoms with Gasteiger partial charge in [-0.1, -0.05) is 20.8 Å². The second kappa shape index (κ2) is 3.44. The van der Waals surface area contributed by atoms with Crippen LogP contribution in [0.25, 0.3) is 0 Å². The van der Waals surface area contributed by atoms with Gasteiger partial charge in [-0.3, -0.25) is 4.79 Å². The van der Waals surface area contributed by atoms with E-state index in [1.807, 2.05) is 0 Å². The van der Waals surface area contributed by atoms with Crippen LogP contribution in [0.2, 0.25) is 0 Å². The topological polar surface area (TPSA) is 37.3 Å². The second-order valence-electron chi connectivity index (χ2n) is 5.50. The minimum atomic E-state index is -0.817. The zero-order chi connectivity index (χ0) is 11.2. The fourth-order valence-corrected chi connectivity index (χ4v) is 3.34. The first kappa shape index (κ1) is 10.9. The first-order valence-electron chi connectivity index (χ1n) is 5.92. The second-order valence-corrected chi connectivity index (χ2v) is 5.50. The van der Waals surface area contributed by atoms with Crippen LogP contribution in [0.15, 0.2) is 11.6 Å². The Morgan fingerprint density at radius 3 is 2.73 bits per heavy atom. The van der Waals surface area contributed by atoms with E-state index < -0.39 is 5.60 Å². The lowest BCUT2D eigenvalue weighted by Crippen LogP contribution is -2.46. The minimum absolute atomic E-state index is 0.104. The highest BCUT2D eigenvalue weighted by Crippen LogP contribution is 2.49. The molecule has 0 bridgehead atoms. The van der Waals surface area contributed by atoms with Crippen LogP contribution in [0.3, 0.4) is 0 Å². The Morgan fingerprint density at radius 1 is 1.47 bits per heavy atom. The Bertz CT molecular complexity index is 316. The predicted molar refractivity (Wildman–Crippen MR) is 59.4 cm³/mol. The van der Waals surface area contributed by atoms with Crippen molar-refractivity contribution < 1.29 is 9.90 Å². The van der Waals surface area contributed by atoms with Crippen molar-refractivity contribution in [3.8, 4) is 0 Å². The summed E-state index contributed by atoms with van der Waals surface area (Å²) in [4.78, 5) is 11.5. The highest BCUT2D eigenvalue weighted by Gasteiger charge is 2.50. The third-order valence-corrected chi connectivity index (χ3v) is 4.12. The molecule has 0 aromatic carbocycles. The van der Waals surface area contributed by atoms with Crippen molar-refractivity contribution in [3.05, 3.63) is 11.6 Å². The fourth-order valence-electron chi connectivity index (χ4n) is 3.34. The van der Waals surface area contributed by atoms with Gasteiger partial charge in [0.25, 0.3) is 0 Å². The lowest BCUT2D eigenvalue weighted by atomic mass is 9.65. The first-order chi connectivity index (χ1) is 6.95. The molecule has 2 rings (SSSR count). The van der Waals surface area contributed by atoms with Crippen molar-refractivity contribution in [1.29, 1.82) is 0 Å². The van der Waals surface area contributed by atoms with Gasteiger partial charge in [0.05, 0.1) is 5.60 Å². The standard InChI is InChI=1S/C13H20O2/c1-8(2)11-5-4-9(3)12-6-10(14)7-13(11,12)15/h6,8-9,11,15H,4-5,7H2,1-3H3. The van der Waals surface area contributed by atoms with E-state index in [9.17, 15) is 9.90 Å². The van der Waals surface area contributed by atoms with E-state index in [1.165, 1.54) is 0 Å². The van der Waals surface area contributed by atoms with Crippen molar-refractivity contribution in [2.45, 2.75) is 45.6 Å². The Kier molecular flexibility index (Phi) is 2.50. The number of fused-ring (bicyclic) bond motifs is 1. The van der Waals surface area contributed by atoms with Gasteiger partial charge < -0.3 is 5.11 Å². The molecule has 3 unspecified atom stereocenters. The molecule has 0 aromatic rings. The molecule has 0 radical (unpaired) electrons. The molecule has 0 spiro atoms. The molecule has 2 heteroatoms. The van der Waals surface area contributed by atoms with Gasteiger partial charge in [-0.2, -0.15) is 0 Å². The normalized spacial score (nSPS) is 40.6. The molecule has 1 fully saturated rings. The van der Waals surface area contributed by atoms with E-state index >= 15 is 0 Å². The smallest absolute Gasteiger partial charge is 0.158 e. The highest BCUT2D eigenvalue weighted by molar-refractivity contribution is 5.95. The summed E-state index contributed by atoms with van der Waals surface area (Å²) in [5.74, 6) is 1.17. The average Bonchev–Trinajstić information content (AvgIpc) is 2.41. The van der Waals surface area contributed by atoms with E-state index in [4.69, 9.17) is 0 Å². The van der Waals surface area contributed by atoms with Gasteiger partial charge in [0.2, 0.25) is 0 Å². The van der Waals surface area contributed by atoms with Crippen molar-refractivity contribution in [1.82, 2.24) is 0 Å². The van der Waals surface area contributed by atoms with Gasteiger partial charge in [0.15, 0.2) is 5.78 Å². The molecule has 0 saturated heterocycles. The van der Waals surface area contributed by atoms with Crippen LogP contribution in [-0.2, 0) is 4.79 Å². The van der Waals surface area contributed by atoms with Crippen LogP contribution in [-0.4, -0.2) is 16.5 Å². The number of hydrogen-bond donors (Lipinski definition) is 1. The molecule has 2 aliphatic carbocycles. The molecule has 2 aliphatic rings. The molecule has 15 heavy (non-hydrogen) atoms. The Labute approximate surface area is 91.4 Å². The summed E-state index contributed by atoms with van der Waals surface area (Å²) < 4.78 is 0. The zero-order valence-electron chi connectivity index (χ0n) is 9.79. The van der Waals surface area contributed by atoms with Crippen molar-refractivity contribution in [3.63, 3.8) is 0 Å². The summed E-state index contributed by atoms with van der Waals surface area (Å²) in [5, 5.41) is 10.7. The summed E-state index contributed by atoms with van der Waals surface area (Å²) in [6.07, 6.45) is 4.15. The predicted octanol–water partition coefficient (Wildman–Crippen LogP) is 2.32. The van der Waals surface area contributed by atoms with Gasteiger partial charge in [0.1, 0.15) is 0 Å². The first-order valence-corrected chi connectivity index (χ1v) is 5.92. The van der Waals surface area contributed by atoms with Crippen LogP contribution >= 0.6 is 0 Å². The Balaban J connectivity index is 2.37. The summed E-state index contributed by atoms with van der Waals surface area (Å²) >= 11 is 0. The number of hydrogen-bond acceptors (Lipinski definition) is 2. The molecule has 0 heterocycles. The molecule has 84 valence electrons. The van der Waals surface area contributed by atoms with E-state index in [1.54, 1.807) is 6.08 Å². The van der Waals surface area contributed by atoms with E-state index in [2.05, 4.69) is 20.8 Å². The fraction of sp³-hybridized carbons (Fsp3) is 0.769. The zero-order valence-corrected chi connectivity index (χ0v) is 9.79. The lowest BCUT2D eigenvalue weighted by Gasteiger charge is -2.44. The monoisotopic (exact) mass is 208 g/mol. The molecule has 2 nitrogen and oxygen atoms in total. The van der Waals surface area contributed by atoms with Gasteiger partial charge in [-0.25, -0.2) is 0 Å². The Hall–Kier alpha value is -0.630. The number of carbonyl (C=O) groups is 1. The van der Waals surface area contributed by atoms with Crippen molar-refractivity contribution >= 4 is 5.78 Å². The number of carbonyl (C=O) groups excluding carboxylic acids is 1. The van der Waals surface area contributed by atoms with Crippen LogP contribution in [0.5, 0.6) is 0 Å². The summed E-state index contributed by atoms with van der Waals surface area (Å²) in [7, 11) is 0. The third kappa shape index (κ3) is 1.55. The molecule has 0 aromatic heterocycles.